The summed E-state index contributed by atoms with van der Waals surface area (Å²) in [6, 6.07) is 12.1. The molecular weight excluding hydrogens is 402 g/mol. The molecule has 2 aromatic carbocycles. The molecule has 1 N–H and O–H groups in total. The first-order valence-electron chi connectivity index (χ1n) is 11.8. The lowest BCUT2D eigenvalue weighted by molar-refractivity contribution is -0.116. The second-order valence-corrected chi connectivity index (χ2v) is 9.14. The van der Waals surface area contributed by atoms with E-state index in [0.29, 0.717) is 12.2 Å². The van der Waals surface area contributed by atoms with Crippen molar-refractivity contribution in [1.29, 1.82) is 0 Å². The van der Waals surface area contributed by atoms with E-state index in [9.17, 15) is 9.59 Å². The van der Waals surface area contributed by atoms with Crippen LogP contribution in [0.4, 0.5) is 11.4 Å². The number of aryl methyl sites for hydroxylation is 1. The predicted molar refractivity (Wildman–Crippen MR) is 126 cm³/mol. The quantitative estimate of drug-likeness (QED) is 0.802. The van der Waals surface area contributed by atoms with Crippen LogP contribution in [0.25, 0.3) is 0 Å². The van der Waals surface area contributed by atoms with Crippen molar-refractivity contribution in [2.75, 3.05) is 36.0 Å². The Morgan fingerprint density at radius 3 is 2.62 bits per heavy atom. The van der Waals surface area contributed by atoms with Crippen LogP contribution in [0.2, 0.25) is 0 Å². The molecule has 0 radical (unpaired) electrons. The molecule has 0 spiro atoms. The maximum absolute atomic E-state index is 12.9. The number of nitrogens with zero attached hydrogens (tertiary/aromatic N) is 2. The second kappa shape index (κ2) is 8.85. The van der Waals surface area contributed by atoms with Gasteiger partial charge >= 0.3 is 0 Å². The minimum absolute atomic E-state index is 0.0459. The molecule has 168 valence electrons. The van der Waals surface area contributed by atoms with Crippen molar-refractivity contribution in [3.63, 3.8) is 0 Å². The number of anilines is 2. The van der Waals surface area contributed by atoms with Crippen LogP contribution in [0.5, 0.6) is 5.75 Å². The molecule has 0 saturated carbocycles. The summed E-state index contributed by atoms with van der Waals surface area (Å²) in [7, 11) is 0. The molecule has 0 unspecified atom stereocenters. The van der Waals surface area contributed by atoms with Crippen LogP contribution in [-0.4, -0.2) is 44.1 Å². The van der Waals surface area contributed by atoms with Gasteiger partial charge in [0, 0.05) is 49.6 Å². The number of fused-ring (bicyclic) bond motifs is 2. The summed E-state index contributed by atoms with van der Waals surface area (Å²) >= 11 is 0. The second-order valence-electron chi connectivity index (χ2n) is 9.14. The number of piperidine rings is 1. The number of carbonyl (C=O) groups excluding carboxylic acids is 2. The molecule has 3 aliphatic heterocycles. The Hall–Kier alpha value is -3.02. The van der Waals surface area contributed by atoms with Gasteiger partial charge in [-0.25, -0.2) is 0 Å². The number of hydrogen-bond donors (Lipinski definition) is 1. The van der Waals surface area contributed by atoms with Crippen LogP contribution >= 0.6 is 0 Å². The molecular formula is C26H31N3O3. The van der Waals surface area contributed by atoms with E-state index < -0.39 is 0 Å². The van der Waals surface area contributed by atoms with Gasteiger partial charge in [-0.15, -0.1) is 0 Å². The third-order valence-corrected chi connectivity index (χ3v) is 6.85. The van der Waals surface area contributed by atoms with Crippen LogP contribution in [0.1, 0.15) is 54.1 Å². The first-order valence-corrected chi connectivity index (χ1v) is 11.8. The number of carbonyl (C=O) groups is 2. The molecule has 6 nitrogen and oxygen atoms in total. The zero-order chi connectivity index (χ0) is 22.1. The van der Waals surface area contributed by atoms with E-state index in [-0.39, 0.29) is 17.9 Å². The van der Waals surface area contributed by atoms with E-state index in [0.717, 1.165) is 61.5 Å². The van der Waals surface area contributed by atoms with Crippen molar-refractivity contribution in [3.05, 3.63) is 53.1 Å². The van der Waals surface area contributed by atoms with Gasteiger partial charge in [0.15, 0.2) is 0 Å². The van der Waals surface area contributed by atoms with E-state index in [2.05, 4.69) is 28.4 Å². The summed E-state index contributed by atoms with van der Waals surface area (Å²) in [6.07, 6.45) is 6.40. The number of hydrogen-bond acceptors (Lipinski definition) is 4. The van der Waals surface area contributed by atoms with Gasteiger partial charge in [-0.1, -0.05) is 6.07 Å². The summed E-state index contributed by atoms with van der Waals surface area (Å²) in [6.45, 7) is 5.04. The highest BCUT2D eigenvalue weighted by Gasteiger charge is 2.25. The monoisotopic (exact) mass is 433 g/mol. The smallest absolute Gasteiger partial charge is 0.251 e. The Bertz CT molecular complexity index is 1030. The molecule has 2 amide bonds. The van der Waals surface area contributed by atoms with Crippen molar-refractivity contribution >= 4 is 23.2 Å². The summed E-state index contributed by atoms with van der Waals surface area (Å²) in [5, 5.41) is 3.14. The maximum Gasteiger partial charge on any atom is 0.251 e. The number of amides is 2. The topological polar surface area (TPSA) is 61.9 Å². The van der Waals surface area contributed by atoms with E-state index in [1.165, 1.54) is 24.9 Å². The largest absolute Gasteiger partial charge is 0.491 e. The fraction of sp³-hybridized carbons (Fsp3) is 0.462. The third-order valence-electron chi connectivity index (χ3n) is 6.85. The lowest BCUT2D eigenvalue weighted by Gasteiger charge is -2.31. The molecule has 1 saturated heterocycles. The average Bonchev–Trinajstić information content (AvgIpc) is 2.83. The van der Waals surface area contributed by atoms with Gasteiger partial charge in [0.1, 0.15) is 12.4 Å². The van der Waals surface area contributed by atoms with Crippen LogP contribution < -0.4 is 19.9 Å². The highest BCUT2D eigenvalue weighted by Crippen LogP contribution is 2.32. The first kappa shape index (κ1) is 20.9. The van der Waals surface area contributed by atoms with Gasteiger partial charge < -0.3 is 19.9 Å². The minimum Gasteiger partial charge on any atom is -0.491 e. The van der Waals surface area contributed by atoms with E-state index in [4.69, 9.17) is 4.74 Å². The van der Waals surface area contributed by atoms with Gasteiger partial charge in [0.2, 0.25) is 5.91 Å². The van der Waals surface area contributed by atoms with Crippen LogP contribution in [-0.2, 0) is 17.6 Å². The standard InChI is InChI=1S/C26H31N3O3/c1-18(30)29-13-5-6-19-14-21(8-10-24(19)29)26(31)27-22-15-20-7-9-23(16-25(20)32-17-22)28-11-3-2-4-12-28/h7-10,14,16,22H,2-6,11-13,15,17H2,1H3,(H,27,31)/t22-/m1/s1. The number of nitrogens with one attached hydrogen (secondary N) is 1. The van der Waals surface area contributed by atoms with Crippen LogP contribution in [0, 0.1) is 0 Å². The lowest BCUT2D eigenvalue weighted by atomic mass is 9.98. The van der Waals surface area contributed by atoms with Gasteiger partial charge in [0.05, 0.1) is 6.04 Å². The zero-order valence-corrected chi connectivity index (χ0v) is 18.7. The first-order chi connectivity index (χ1) is 15.6. The van der Waals surface area contributed by atoms with E-state index in [1.54, 1.807) is 11.8 Å². The van der Waals surface area contributed by atoms with E-state index >= 15 is 0 Å². The number of benzene rings is 2. The van der Waals surface area contributed by atoms with Crippen LogP contribution in [0.3, 0.4) is 0 Å². The summed E-state index contributed by atoms with van der Waals surface area (Å²) in [5.41, 5.74) is 5.01. The highest BCUT2D eigenvalue weighted by atomic mass is 16.5. The fourth-order valence-electron chi connectivity index (χ4n) is 5.14. The Morgan fingerprint density at radius 2 is 1.81 bits per heavy atom. The molecule has 32 heavy (non-hydrogen) atoms. The van der Waals surface area contributed by atoms with Gasteiger partial charge in [-0.3, -0.25) is 9.59 Å². The normalized spacial score (nSPS) is 20.1. The molecule has 1 fully saturated rings. The maximum atomic E-state index is 12.9. The molecule has 0 aliphatic carbocycles. The molecule has 3 aliphatic rings. The molecule has 1 atom stereocenters. The Morgan fingerprint density at radius 1 is 0.969 bits per heavy atom. The SMILES string of the molecule is CC(=O)N1CCCc2cc(C(=O)N[C@H]3COc4cc(N5CCCCC5)ccc4C3)ccc21. The van der Waals surface area contributed by atoms with Gasteiger partial charge in [-0.05, 0) is 73.9 Å². The molecule has 6 heteroatoms. The molecule has 0 aromatic heterocycles. The van der Waals surface area contributed by atoms with Gasteiger partial charge in [-0.2, -0.15) is 0 Å². The molecule has 0 bridgehead atoms. The van der Waals surface area contributed by atoms with Crippen molar-refractivity contribution in [2.24, 2.45) is 0 Å². The summed E-state index contributed by atoms with van der Waals surface area (Å²) in [5.74, 6) is 0.899. The van der Waals surface area contributed by atoms with Crippen molar-refractivity contribution in [3.8, 4) is 5.75 Å². The Balaban J connectivity index is 1.25. The van der Waals surface area contributed by atoms with Crippen LogP contribution in [0.15, 0.2) is 36.4 Å². The molecule has 2 aromatic rings. The number of ether oxygens (including phenoxy) is 1. The van der Waals surface area contributed by atoms with Crippen molar-refractivity contribution in [2.45, 2.75) is 51.5 Å². The average molecular weight is 434 g/mol. The predicted octanol–water partition coefficient (Wildman–Crippen LogP) is 3.71. The Labute approximate surface area is 189 Å². The highest BCUT2D eigenvalue weighted by molar-refractivity contribution is 5.97. The molecule has 5 rings (SSSR count). The minimum atomic E-state index is -0.0882. The Kier molecular flexibility index (Phi) is 5.77. The van der Waals surface area contributed by atoms with E-state index in [1.807, 2.05) is 18.2 Å². The molecule has 3 heterocycles. The van der Waals surface area contributed by atoms with Crippen molar-refractivity contribution in [1.82, 2.24) is 5.32 Å². The van der Waals surface area contributed by atoms with Gasteiger partial charge in [0.25, 0.3) is 5.91 Å². The fourth-order valence-corrected chi connectivity index (χ4v) is 5.14. The third kappa shape index (κ3) is 4.18. The summed E-state index contributed by atoms with van der Waals surface area (Å²) < 4.78 is 6.05. The van der Waals surface area contributed by atoms with Crippen molar-refractivity contribution < 1.29 is 14.3 Å². The number of rotatable bonds is 3. The zero-order valence-electron chi connectivity index (χ0n) is 18.7. The summed E-state index contributed by atoms with van der Waals surface area (Å²) in [4.78, 5) is 29.0. The lowest BCUT2D eigenvalue weighted by Crippen LogP contribution is -2.43.